The maximum Gasteiger partial charge on any atom is 0.286 e. The molecule has 0 fully saturated rings. The molecule has 1 atom stereocenters. The van der Waals surface area contributed by atoms with Gasteiger partial charge in [-0.2, -0.15) is 5.10 Å². The van der Waals surface area contributed by atoms with Crippen LogP contribution in [-0.2, 0) is 26.7 Å². The number of likely N-dealkylation sites (N-methyl/N-ethyl adjacent to an activating group) is 1. The molecule has 0 bridgehead atoms. The highest BCUT2D eigenvalue weighted by molar-refractivity contribution is 7.99. The molecule has 1 spiro atoms. The van der Waals surface area contributed by atoms with Crippen LogP contribution in [0.3, 0.4) is 0 Å². The third-order valence-electron chi connectivity index (χ3n) is 5.37. The summed E-state index contributed by atoms with van der Waals surface area (Å²) >= 11 is 1.23. The largest absolute Gasteiger partial charge is 0.338 e. The molecular weight excluding hydrogens is 402 g/mol. The Hall–Kier alpha value is -3.17. The molecule has 2 amide bonds. The molecule has 2 aliphatic heterocycles. The van der Waals surface area contributed by atoms with E-state index in [2.05, 4.69) is 15.2 Å². The lowest BCUT2D eigenvalue weighted by Crippen LogP contribution is -2.60. The molecule has 0 unspecified atom stereocenters. The van der Waals surface area contributed by atoms with E-state index >= 15 is 0 Å². The Labute approximate surface area is 177 Å². The smallest absolute Gasteiger partial charge is 0.286 e. The Morgan fingerprint density at radius 1 is 1.20 bits per heavy atom. The molecule has 8 nitrogen and oxygen atoms in total. The van der Waals surface area contributed by atoms with Gasteiger partial charge in [-0.25, -0.2) is 4.98 Å². The van der Waals surface area contributed by atoms with Gasteiger partial charge in [0.2, 0.25) is 5.91 Å². The van der Waals surface area contributed by atoms with Crippen LogP contribution in [0.1, 0.15) is 18.1 Å². The zero-order valence-electron chi connectivity index (χ0n) is 16.2. The van der Waals surface area contributed by atoms with Crippen LogP contribution >= 0.6 is 11.8 Å². The summed E-state index contributed by atoms with van der Waals surface area (Å²) in [7, 11) is 0. The quantitative estimate of drug-likeness (QED) is 0.652. The van der Waals surface area contributed by atoms with E-state index in [0.717, 1.165) is 11.3 Å². The summed E-state index contributed by atoms with van der Waals surface area (Å²) < 4.78 is 6.26. The fourth-order valence-electron chi connectivity index (χ4n) is 4.11. The molecule has 5 rings (SSSR count). The van der Waals surface area contributed by atoms with Gasteiger partial charge in [0.15, 0.2) is 5.16 Å². The summed E-state index contributed by atoms with van der Waals surface area (Å²) in [5, 5.41) is 7.09. The number of carbonyl (C=O) groups is 2. The molecule has 0 radical (unpaired) electrons. The molecule has 1 N–H and O–H groups in total. The second-order valence-electron chi connectivity index (χ2n) is 6.94. The number of benzene rings is 2. The van der Waals surface area contributed by atoms with Crippen molar-refractivity contribution in [1.29, 1.82) is 0 Å². The maximum absolute atomic E-state index is 13.7. The number of aromatic nitrogens is 3. The van der Waals surface area contributed by atoms with Gasteiger partial charge in [0, 0.05) is 17.7 Å². The van der Waals surface area contributed by atoms with Crippen molar-refractivity contribution in [3.8, 4) is 0 Å². The Morgan fingerprint density at radius 2 is 1.97 bits per heavy atom. The van der Waals surface area contributed by atoms with Gasteiger partial charge in [-0.3, -0.25) is 19.6 Å². The number of aromatic amines is 1. The van der Waals surface area contributed by atoms with Crippen LogP contribution in [0.15, 0.2) is 60.0 Å². The summed E-state index contributed by atoms with van der Waals surface area (Å²) in [5.74, 6) is -0.417. The van der Waals surface area contributed by atoms with Gasteiger partial charge >= 0.3 is 0 Å². The van der Waals surface area contributed by atoms with E-state index in [1.807, 2.05) is 55.5 Å². The van der Waals surface area contributed by atoms with E-state index < -0.39 is 5.72 Å². The van der Waals surface area contributed by atoms with Crippen molar-refractivity contribution in [3.63, 3.8) is 0 Å². The van der Waals surface area contributed by atoms with Crippen molar-refractivity contribution >= 4 is 35.0 Å². The Bertz CT molecular complexity index is 1120. The first kappa shape index (κ1) is 18.8. The first-order chi connectivity index (χ1) is 14.7. The van der Waals surface area contributed by atoms with Crippen LogP contribution in [0, 0.1) is 0 Å². The molecule has 0 aliphatic carbocycles. The van der Waals surface area contributed by atoms with E-state index in [4.69, 9.17) is 4.74 Å². The summed E-state index contributed by atoms with van der Waals surface area (Å²) in [6.45, 7) is 2.64. The topological polar surface area (TPSA) is 91.4 Å². The first-order valence-electron chi connectivity index (χ1n) is 9.61. The van der Waals surface area contributed by atoms with Crippen molar-refractivity contribution < 1.29 is 14.3 Å². The number of rotatable bonds is 4. The number of hydrogen-bond donors (Lipinski definition) is 1. The van der Waals surface area contributed by atoms with Gasteiger partial charge in [-0.1, -0.05) is 48.2 Å². The molecule has 152 valence electrons. The SMILES string of the molecule is CCN1C(=O)[C@@]2(OCc3ccccc3N2C(=O)CSc2ncn[nH]2)c2ccccc21. The summed E-state index contributed by atoms with van der Waals surface area (Å²) in [6.07, 6.45) is 1.39. The fourth-order valence-corrected chi connectivity index (χ4v) is 4.74. The molecule has 1 aromatic heterocycles. The average molecular weight is 421 g/mol. The molecule has 9 heteroatoms. The molecule has 30 heavy (non-hydrogen) atoms. The zero-order chi connectivity index (χ0) is 20.7. The van der Waals surface area contributed by atoms with E-state index in [-0.39, 0.29) is 24.2 Å². The van der Waals surface area contributed by atoms with Crippen molar-refractivity contribution in [2.24, 2.45) is 0 Å². The van der Waals surface area contributed by atoms with Crippen LogP contribution < -0.4 is 9.80 Å². The van der Waals surface area contributed by atoms with Gasteiger partial charge in [0.05, 0.1) is 23.7 Å². The Balaban J connectivity index is 1.64. The Morgan fingerprint density at radius 3 is 2.73 bits per heavy atom. The first-order valence-corrected chi connectivity index (χ1v) is 10.6. The number of fused-ring (bicyclic) bond motifs is 3. The van der Waals surface area contributed by atoms with Crippen LogP contribution in [-0.4, -0.2) is 39.3 Å². The standard InChI is InChI=1S/C21H19N5O3S/c1-2-25-17-10-6-4-8-15(17)21(19(25)28)26(16-9-5-3-7-14(16)11-29-21)18(27)12-30-20-22-13-23-24-20/h3-10,13H,2,11-12H2,1H3,(H,22,23,24)/t21-/m0/s1. The van der Waals surface area contributed by atoms with Gasteiger partial charge in [0.25, 0.3) is 11.6 Å². The van der Waals surface area contributed by atoms with Gasteiger partial charge in [0.1, 0.15) is 6.33 Å². The van der Waals surface area contributed by atoms with Crippen molar-refractivity contribution in [2.45, 2.75) is 24.4 Å². The van der Waals surface area contributed by atoms with Crippen molar-refractivity contribution in [3.05, 3.63) is 66.0 Å². The van der Waals surface area contributed by atoms with Gasteiger partial charge in [-0.15, -0.1) is 0 Å². The van der Waals surface area contributed by atoms with Crippen LogP contribution in [0.4, 0.5) is 11.4 Å². The van der Waals surface area contributed by atoms with E-state index in [1.165, 1.54) is 23.0 Å². The summed E-state index contributed by atoms with van der Waals surface area (Å²) in [4.78, 5) is 34.5. The van der Waals surface area contributed by atoms with Crippen LogP contribution in [0.2, 0.25) is 0 Å². The van der Waals surface area contributed by atoms with E-state index in [0.29, 0.717) is 23.0 Å². The fraction of sp³-hybridized carbons (Fsp3) is 0.238. The number of nitrogens with zero attached hydrogens (tertiary/aromatic N) is 4. The number of carbonyl (C=O) groups excluding carboxylic acids is 2. The molecule has 3 aromatic rings. The summed E-state index contributed by atoms with van der Waals surface area (Å²) in [5.41, 5.74) is 1.49. The minimum atomic E-state index is -1.51. The van der Waals surface area contributed by atoms with Gasteiger partial charge < -0.3 is 9.64 Å². The minimum Gasteiger partial charge on any atom is -0.338 e. The predicted octanol–water partition coefficient (Wildman–Crippen LogP) is 2.68. The van der Waals surface area contributed by atoms with Crippen molar-refractivity contribution in [1.82, 2.24) is 15.2 Å². The molecule has 2 aromatic carbocycles. The third-order valence-corrected chi connectivity index (χ3v) is 6.23. The highest BCUT2D eigenvalue weighted by Gasteiger charge is 2.59. The zero-order valence-corrected chi connectivity index (χ0v) is 17.1. The summed E-state index contributed by atoms with van der Waals surface area (Å²) in [6, 6.07) is 15.0. The molecule has 0 saturated carbocycles. The monoisotopic (exact) mass is 421 g/mol. The number of nitrogens with one attached hydrogen (secondary N) is 1. The number of anilines is 2. The highest BCUT2D eigenvalue weighted by atomic mass is 32.2. The molecule has 2 aliphatic rings. The molecule has 3 heterocycles. The lowest BCUT2D eigenvalue weighted by molar-refractivity contribution is -0.152. The number of thioether (sulfide) groups is 1. The number of hydrogen-bond acceptors (Lipinski definition) is 6. The van der Waals surface area contributed by atoms with E-state index in [1.54, 1.807) is 4.90 Å². The minimum absolute atomic E-state index is 0.0796. The molecular formula is C21H19N5O3S. The normalized spacial score (nSPS) is 19.8. The lowest BCUT2D eigenvalue weighted by Gasteiger charge is -2.43. The number of para-hydroxylation sites is 2. The van der Waals surface area contributed by atoms with Crippen molar-refractivity contribution in [2.75, 3.05) is 22.1 Å². The third kappa shape index (κ3) is 2.66. The number of H-pyrrole nitrogens is 1. The highest BCUT2D eigenvalue weighted by Crippen LogP contribution is 2.50. The number of ether oxygens (including phenoxy) is 1. The van der Waals surface area contributed by atoms with Crippen LogP contribution in [0.25, 0.3) is 0 Å². The molecule has 0 saturated heterocycles. The second-order valence-corrected chi connectivity index (χ2v) is 7.90. The maximum atomic E-state index is 13.7. The predicted molar refractivity (Wildman–Crippen MR) is 112 cm³/mol. The Kier molecular flexibility index (Phi) is 4.56. The number of amides is 2. The van der Waals surface area contributed by atoms with E-state index in [9.17, 15) is 9.59 Å². The van der Waals surface area contributed by atoms with Gasteiger partial charge in [-0.05, 0) is 19.1 Å². The second kappa shape index (κ2) is 7.26. The van der Waals surface area contributed by atoms with Crippen LogP contribution in [0.5, 0.6) is 0 Å². The average Bonchev–Trinajstić information content (AvgIpc) is 3.38. The lowest BCUT2D eigenvalue weighted by atomic mass is 9.97.